The zero-order chi connectivity index (χ0) is 18.0. The van der Waals surface area contributed by atoms with Crippen molar-refractivity contribution in [3.05, 3.63) is 0 Å². The molecule has 0 amide bonds. The minimum Gasteiger partial charge on any atom is -0.385 e. The monoisotopic (exact) mass is 371 g/mol. The smallest absolute Gasteiger partial charge is 0.191 e. The Bertz CT molecular complexity index is 405. The van der Waals surface area contributed by atoms with Crippen LogP contribution in [0.2, 0.25) is 0 Å². The van der Waals surface area contributed by atoms with Crippen molar-refractivity contribution in [3.8, 4) is 0 Å². The lowest BCUT2D eigenvalue weighted by Crippen LogP contribution is -2.48. The lowest BCUT2D eigenvalue weighted by Gasteiger charge is -2.36. The van der Waals surface area contributed by atoms with Gasteiger partial charge in [0.25, 0.3) is 0 Å². The Morgan fingerprint density at radius 1 is 1.16 bits per heavy atom. The molecule has 0 bridgehead atoms. The molecule has 0 spiro atoms. The molecule has 6 heteroatoms. The van der Waals surface area contributed by atoms with Gasteiger partial charge in [-0.05, 0) is 50.7 Å². The molecule has 0 radical (unpaired) electrons. The average Bonchev–Trinajstić information content (AvgIpc) is 3.12. The van der Waals surface area contributed by atoms with Crippen LogP contribution in [-0.2, 0) is 9.47 Å². The van der Waals surface area contributed by atoms with E-state index in [-0.39, 0.29) is 4.75 Å². The molecule has 0 unspecified atom stereocenters. The number of nitrogens with zero attached hydrogens (tertiary/aromatic N) is 1. The highest BCUT2D eigenvalue weighted by molar-refractivity contribution is 8.00. The topological polar surface area (TPSA) is 54.9 Å². The summed E-state index contributed by atoms with van der Waals surface area (Å²) >= 11 is 1.97. The number of rotatable bonds is 9. The quantitative estimate of drug-likeness (QED) is 0.482. The van der Waals surface area contributed by atoms with E-state index in [1.165, 1.54) is 25.7 Å². The lowest BCUT2D eigenvalue weighted by molar-refractivity contribution is 0.0782. The molecule has 1 saturated carbocycles. The van der Waals surface area contributed by atoms with Gasteiger partial charge in [-0.1, -0.05) is 12.8 Å². The molecule has 1 aliphatic heterocycles. The number of methoxy groups -OCH3 is 1. The van der Waals surface area contributed by atoms with Crippen LogP contribution in [0.25, 0.3) is 0 Å². The van der Waals surface area contributed by atoms with Crippen molar-refractivity contribution in [2.75, 3.05) is 52.8 Å². The van der Waals surface area contributed by atoms with Crippen LogP contribution in [0.5, 0.6) is 0 Å². The summed E-state index contributed by atoms with van der Waals surface area (Å²) in [6, 6.07) is 0. The molecule has 0 aromatic carbocycles. The zero-order valence-electron chi connectivity index (χ0n) is 16.4. The molecule has 25 heavy (non-hydrogen) atoms. The van der Waals surface area contributed by atoms with E-state index in [2.05, 4.69) is 23.8 Å². The summed E-state index contributed by atoms with van der Waals surface area (Å²) in [6.45, 7) is 7.47. The summed E-state index contributed by atoms with van der Waals surface area (Å²) in [6.07, 6.45) is 10.8. The molecule has 1 aliphatic carbocycles. The highest BCUT2D eigenvalue weighted by atomic mass is 32.2. The van der Waals surface area contributed by atoms with Gasteiger partial charge in [0.1, 0.15) is 0 Å². The second-order valence-corrected chi connectivity index (χ2v) is 8.77. The Morgan fingerprint density at radius 2 is 1.88 bits per heavy atom. The standard InChI is InChI=1S/C19H37N3O2S/c1-4-20-17(22-16-19(25-3)10-13-24-14-11-19)21-15-18(9-12-23-2)7-5-6-8-18/h4-16H2,1-3H3,(H2,20,21,22). The van der Waals surface area contributed by atoms with Gasteiger partial charge in [-0.2, -0.15) is 11.8 Å². The number of aliphatic imine (C=N–C) groups is 1. The maximum atomic E-state index is 5.55. The summed E-state index contributed by atoms with van der Waals surface area (Å²) in [5.41, 5.74) is 0.342. The van der Waals surface area contributed by atoms with E-state index >= 15 is 0 Å². The summed E-state index contributed by atoms with van der Waals surface area (Å²) in [4.78, 5) is 4.97. The van der Waals surface area contributed by atoms with Gasteiger partial charge < -0.3 is 20.1 Å². The summed E-state index contributed by atoms with van der Waals surface area (Å²) in [5, 5.41) is 7.04. The Kier molecular flexibility index (Phi) is 8.87. The van der Waals surface area contributed by atoms with Gasteiger partial charge in [-0.15, -0.1) is 0 Å². The van der Waals surface area contributed by atoms with Crippen LogP contribution in [0.15, 0.2) is 4.99 Å². The Labute approximate surface area is 158 Å². The molecule has 1 saturated heterocycles. The zero-order valence-corrected chi connectivity index (χ0v) is 17.2. The largest absolute Gasteiger partial charge is 0.385 e. The number of ether oxygens (including phenoxy) is 2. The van der Waals surface area contributed by atoms with Crippen LogP contribution in [-0.4, -0.2) is 63.5 Å². The van der Waals surface area contributed by atoms with E-state index in [0.717, 1.165) is 64.7 Å². The Hall–Kier alpha value is -0.460. The molecule has 0 atom stereocenters. The van der Waals surface area contributed by atoms with Crippen molar-refractivity contribution in [1.82, 2.24) is 10.6 Å². The van der Waals surface area contributed by atoms with Crippen LogP contribution < -0.4 is 10.6 Å². The molecular formula is C19H37N3O2S. The lowest BCUT2D eigenvalue weighted by atomic mass is 9.83. The van der Waals surface area contributed by atoms with Gasteiger partial charge in [0, 0.05) is 51.3 Å². The molecule has 2 N–H and O–H groups in total. The maximum Gasteiger partial charge on any atom is 0.191 e. The second-order valence-electron chi connectivity index (χ2n) is 7.50. The Morgan fingerprint density at radius 3 is 2.48 bits per heavy atom. The third-order valence-corrected chi connectivity index (χ3v) is 7.25. The van der Waals surface area contributed by atoms with Gasteiger partial charge in [-0.3, -0.25) is 4.99 Å². The van der Waals surface area contributed by atoms with Crippen LogP contribution in [0.1, 0.15) is 51.9 Å². The minimum atomic E-state index is 0.273. The van der Waals surface area contributed by atoms with Crippen molar-refractivity contribution in [3.63, 3.8) is 0 Å². The molecular weight excluding hydrogens is 334 g/mol. The van der Waals surface area contributed by atoms with Crippen LogP contribution in [0.3, 0.4) is 0 Å². The first-order valence-electron chi connectivity index (χ1n) is 9.82. The van der Waals surface area contributed by atoms with Crippen molar-refractivity contribution in [2.45, 2.75) is 56.6 Å². The number of nitrogens with one attached hydrogen (secondary N) is 2. The number of hydrogen-bond donors (Lipinski definition) is 2. The Balaban J connectivity index is 1.94. The van der Waals surface area contributed by atoms with Gasteiger partial charge in [0.05, 0.1) is 0 Å². The molecule has 2 fully saturated rings. The molecule has 0 aromatic heterocycles. The first kappa shape index (κ1) is 20.8. The molecule has 146 valence electrons. The first-order chi connectivity index (χ1) is 12.2. The third kappa shape index (κ3) is 6.33. The van der Waals surface area contributed by atoms with E-state index in [0.29, 0.717) is 5.41 Å². The van der Waals surface area contributed by atoms with E-state index in [4.69, 9.17) is 14.5 Å². The number of hydrogen-bond acceptors (Lipinski definition) is 4. The van der Waals surface area contributed by atoms with Crippen LogP contribution in [0, 0.1) is 5.41 Å². The molecule has 5 nitrogen and oxygen atoms in total. The molecule has 2 aliphatic rings. The number of thioether (sulfide) groups is 1. The van der Waals surface area contributed by atoms with Crippen LogP contribution >= 0.6 is 11.8 Å². The second kappa shape index (κ2) is 10.6. The van der Waals surface area contributed by atoms with Crippen molar-refractivity contribution in [2.24, 2.45) is 10.4 Å². The predicted octanol–water partition coefficient (Wildman–Crippen LogP) is 3.05. The maximum absolute atomic E-state index is 5.55. The van der Waals surface area contributed by atoms with Crippen LogP contribution in [0.4, 0.5) is 0 Å². The van der Waals surface area contributed by atoms with Gasteiger partial charge >= 0.3 is 0 Å². The van der Waals surface area contributed by atoms with Crippen molar-refractivity contribution >= 4 is 17.7 Å². The first-order valence-corrected chi connectivity index (χ1v) is 11.0. The van der Waals surface area contributed by atoms with Crippen molar-refractivity contribution < 1.29 is 9.47 Å². The van der Waals surface area contributed by atoms with E-state index in [9.17, 15) is 0 Å². The fourth-order valence-corrected chi connectivity index (χ4v) is 4.75. The molecule has 2 rings (SSSR count). The summed E-state index contributed by atoms with van der Waals surface area (Å²) < 4.78 is 11.2. The number of guanidine groups is 1. The van der Waals surface area contributed by atoms with Crippen molar-refractivity contribution in [1.29, 1.82) is 0 Å². The van der Waals surface area contributed by atoms with E-state index < -0.39 is 0 Å². The highest BCUT2D eigenvalue weighted by Crippen LogP contribution is 2.41. The highest BCUT2D eigenvalue weighted by Gasteiger charge is 2.34. The summed E-state index contributed by atoms with van der Waals surface area (Å²) in [5.74, 6) is 0.964. The molecule has 0 aromatic rings. The average molecular weight is 372 g/mol. The third-order valence-electron chi connectivity index (χ3n) is 5.83. The minimum absolute atomic E-state index is 0.273. The molecule has 1 heterocycles. The van der Waals surface area contributed by atoms with E-state index in [1.807, 2.05) is 11.8 Å². The SMILES string of the molecule is CCNC(=NCC1(CCOC)CCCC1)NCC1(SC)CCOCC1. The predicted molar refractivity (Wildman–Crippen MR) is 108 cm³/mol. The van der Waals surface area contributed by atoms with Gasteiger partial charge in [-0.25, -0.2) is 0 Å². The van der Waals surface area contributed by atoms with Gasteiger partial charge in [0.15, 0.2) is 5.96 Å². The fraction of sp³-hybridized carbons (Fsp3) is 0.947. The fourth-order valence-electron chi connectivity index (χ4n) is 3.96. The summed E-state index contributed by atoms with van der Waals surface area (Å²) in [7, 11) is 1.80. The normalized spacial score (nSPS) is 22.8. The van der Waals surface area contributed by atoms with Gasteiger partial charge in [0.2, 0.25) is 0 Å². The van der Waals surface area contributed by atoms with E-state index in [1.54, 1.807) is 7.11 Å².